The lowest BCUT2D eigenvalue weighted by Gasteiger charge is -2.25. The molecule has 1 saturated heterocycles. The van der Waals surface area contributed by atoms with E-state index in [1.807, 2.05) is 0 Å². The molecule has 0 aromatic heterocycles. The van der Waals surface area contributed by atoms with E-state index in [9.17, 15) is 9.59 Å². The van der Waals surface area contributed by atoms with Gasteiger partial charge in [-0.1, -0.05) is 6.58 Å². The fourth-order valence-electron chi connectivity index (χ4n) is 0.936. The summed E-state index contributed by atoms with van der Waals surface area (Å²) >= 11 is 0. The molecule has 4 heteroatoms. The Kier molecular flexibility index (Phi) is 2.25. The molecule has 0 saturated carbocycles. The molecular weight excluding hydrogens is 144 g/mol. The van der Waals surface area contributed by atoms with E-state index in [0.29, 0.717) is 13.0 Å². The molecule has 2 amide bonds. The lowest BCUT2D eigenvalue weighted by molar-refractivity contribution is -0.140. The molecule has 4 nitrogen and oxygen atoms in total. The average molecular weight is 154 g/mol. The lowest BCUT2D eigenvalue weighted by atomic mass is 10.2. The highest BCUT2D eigenvalue weighted by molar-refractivity contribution is 5.89. The largest absolute Gasteiger partial charge is 0.273 e. The molecule has 0 aromatic rings. The third-order valence-electron chi connectivity index (χ3n) is 1.49. The summed E-state index contributed by atoms with van der Waals surface area (Å²) in [5, 5.41) is 1.28. The Hall–Kier alpha value is -1.32. The second-order valence-corrected chi connectivity index (χ2v) is 2.33. The number of nitrogens with zero attached hydrogens (tertiary/aromatic N) is 1. The number of carbonyl (C=O) groups excluding carboxylic acids is 2. The van der Waals surface area contributed by atoms with Crippen molar-refractivity contribution in [2.75, 3.05) is 6.54 Å². The van der Waals surface area contributed by atoms with E-state index in [1.165, 1.54) is 11.1 Å². The number of hydrogen-bond donors (Lipinski definition) is 1. The zero-order valence-electron chi connectivity index (χ0n) is 6.17. The Morgan fingerprint density at radius 2 is 2.45 bits per heavy atom. The normalized spacial score (nSPS) is 17.5. The molecule has 0 aliphatic carbocycles. The molecule has 1 fully saturated rings. The summed E-state index contributed by atoms with van der Waals surface area (Å²) in [4.78, 5) is 21.7. The van der Waals surface area contributed by atoms with Gasteiger partial charge in [0.05, 0.1) is 0 Å². The first kappa shape index (κ1) is 7.78. The van der Waals surface area contributed by atoms with Crippen molar-refractivity contribution in [1.82, 2.24) is 10.4 Å². The molecule has 1 aliphatic rings. The Labute approximate surface area is 64.8 Å². The van der Waals surface area contributed by atoms with Crippen LogP contribution in [-0.4, -0.2) is 23.4 Å². The van der Waals surface area contributed by atoms with Gasteiger partial charge in [-0.25, -0.2) is 0 Å². The zero-order chi connectivity index (χ0) is 8.27. The summed E-state index contributed by atoms with van der Waals surface area (Å²) < 4.78 is 0. The van der Waals surface area contributed by atoms with Crippen molar-refractivity contribution >= 4 is 11.8 Å². The molecule has 0 bridgehead atoms. The molecule has 1 N–H and O–H groups in total. The van der Waals surface area contributed by atoms with E-state index in [4.69, 9.17) is 0 Å². The van der Waals surface area contributed by atoms with Gasteiger partial charge in [0.1, 0.15) is 0 Å². The predicted octanol–water partition coefficient (Wildman–Crippen LogP) is -0.174. The van der Waals surface area contributed by atoms with E-state index in [1.54, 1.807) is 0 Å². The van der Waals surface area contributed by atoms with Crippen molar-refractivity contribution in [2.45, 2.75) is 12.8 Å². The number of carbonyl (C=O) groups is 2. The number of rotatable bonds is 1. The van der Waals surface area contributed by atoms with Crippen LogP contribution in [0.2, 0.25) is 0 Å². The summed E-state index contributed by atoms with van der Waals surface area (Å²) in [5.41, 5.74) is 2.44. The van der Waals surface area contributed by atoms with Crippen LogP contribution in [0.15, 0.2) is 12.7 Å². The minimum absolute atomic E-state index is 0.105. The molecule has 0 atom stereocenters. The number of nitrogens with one attached hydrogen (secondary N) is 1. The molecule has 0 spiro atoms. The maximum Gasteiger partial charge on any atom is 0.264 e. The minimum atomic E-state index is -0.252. The van der Waals surface area contributed by atoms with Gasteiger partial charge in [0, 0.05) is 13.0 Å². The van der Waals surface area contributed by atoms with Gasteiger partial charge in [0.2, 0.25) is 5.91 Å². The highest BCUT2D eigenvalue weighted by atomic mass is 16.2. The van der Waals surface area contributed by atoms with Crippen LogP contribution in [-0.2, 0) is 9.59 Å². The van der Waals surface area contributed by atoms with Gasteiger partial charge >= 0.3 is 0 Å². The molecule has 1 aliphatic heterocycles. The summed E-state index contributed by atoms with van der Waals surface area (Å²) in [5.74, 6) is -0.357. The zero-order valence-corrected chi connectivity index (χ0v) is 6.17. The Balaban J connectivity index is 2.52. The van der Waals surface area contributed by atoms with Crippen LogP contribution in [0, 0.1) is 0 Å². The first-order valence-corrected chi connectivity index (χ1v) is 3.47. The van der Waals surface area contributed by atoms with E-state index >= 15 is 0 Å². The molecule has 0 unspecified atom stereocenters. The Bertz CT molecular complexity index is 201. The first-order chi connectivity index (χ1) is 5.24. The van der Waals surface area contributed by atoms with E-state index in [2.05, 4.69) is 12.0 Å². The van der Waals surface area contributed by atoms with Gasteiger partial charge < -0.3 is 0 Å². The first-order valence-electron chi connectivity index (χ1n) is 3.47. The van der Waals surface area contributed by atoms with Gasteiger partial charge in [0.15, 0.2) is 0 Å². The smallest absolute Gasteiger partial charge is 0.264 e. The molecule has 0 radical (unpaired) electrons. The number of amides is 2. The molecule has 11 heavy (non-hydrogen) atoms. The topological polar surface area (TPSA) is 49.4 Å². The van der Waals surface area contributed by atoms with Crippen molar-refractivity contribution in [3.63, 3.8) is 0 Å². The average Bonchev–Trinajstić information content (AvgIpc) is 2.03. The molecule has 1 heterocycles. The maximum absolute atomic E-state index is 10.9. The molecule has 0 aromatic carbocycles. The van der Waals surface area contributed by atoms with Crippen LogP contribution < -0.4 is 5.43 Å². The van der Waals surface area contributed by atoms with Crippen LogP contribution in [0.3, 0.4) is 0 Å². The highest BCUT2D eigenvalue weighted by Gasteiger charge is 2.17. The number of hydrogen-bond acceptors (Lipinski definition) is 2. The fourth-order valence-corrected chi connectivity index (χ4v) is 0.936. The molecule has 1 rings (SSSR count). The van der Waals surface area contributed by atoms with Crippen LogP contribution >= 0.6 is 0 Å². The van der Waals surface area contributed by atoms with Crippen molar-refractivity contribution in [1.29, 1.82) is 0 Å². The second-order valence-electron chi connectivity index (χ2n) is 2.33. The van der Waals surface area contributed by atoms with Gasteiger partial charge in [-0.15, -0.1) is 0 Å². The van der Waals surface area contributed by atoms with Gasteiger partial charge in [-0.05, 0) is 12.5 Å². The Morgan fingerprint density at radius 3 is 3.00 bits per heavy atom. The van der Waals surface area contributed by atoms with Gasteiger partial charge in [-0.2, -0.15) is 0 Å². The van der Waals surface area contributed by atoms with Crippen LogP contribution in [0.4, 0.5) is 0 Å². The predicted molar refractivity (Wildman–Crippen MR) is 39.3 cm³/mol. The lowest BCUT2D eigenvalue weighted by Crippen LogP contribution is -2.49. The third kappa shape index (κ3) is 1.80. The fraction of sp³-hybridized carbons (Fsp3) is 0.429. The van der Waals surface area contributed by atoms with Crippen molar-refractivity contribution in [2.24, 2.45) is 0 Å². The van der Waals surface area contributed by atoms with Crippen molar-refractivity contribution < 1.29 is 9.59 Å². The summed E-state index contributed by atoms with van der Waals surface area (Å²) in [6.45, 7) is 3.90. The monoisotopic (exact) mass is 154 g/mol. The maximum atomic E-state index is 10.9. The second kappa shape index (κ2) is 3.18. The summed E-state index contributed by atoms with van der Waals surface area (Å²) in [6, 6.07) is 0. The Morgan fingerprint density at radius 1 is 1.73 bits per heavy atom. The summed E-state index contributed by atoms with van der Waals surface area (Å²) in [7, 11) is 0. The number of hydrazine groups is 1. The van der Waals surface area contributed by atoms with Crippen molar-refractivity contribution in [3.05, 3.63) is 12.7 Å². The standard InChI is InChI=1S/C7H10N2O2/c1-2-7(11)9-5-3-4-6(10)8-9/h2H,1,3-5H2,(H,8,10). The molecule has 60 valence electrons. The van der Waals surface area contributed by atoms with Gasteiger partial charge in [-0.3, -0.25) is 20.0 Å². The van der Waals surface area contributed by atoms with Crippen molar-refractivity contribution in [3.8, 4) is 0 Å². The highest BCUT2D eigenvalue weighted by Crippen LogP contribution is 2.00. The van der Waals surface area contributed by atoms with Crippen LogP contribution in [0.25, 0.3) is 0 Å². The van der Waals surface area contributed by atoms with Gasteiger partial charge in [0.25, 0.3) is 5.91 Å². The minimum Gasteiger partial charge on any atom is -0.273 e. The SMILES string of the molecule is C=CC(=O)N1CCCC(=O)N1. The van der Waals surface area contributed by atoms with E-state index < -0.39 is 0 Å². The summed E-state index contributed by atoms with van der Waals surface area (Å²) in [6.07, 6.45) is 2.41. The quantitative estimate of drug-likeness (QED) is 0.533. The molecular formula is C7H10N2O2. The van der Waals surface area contributed by atoms with Crippen LogP contribution in [0.5, 0.6) is 0 Å². The van der Waals surface area contributed by atoms with Crippen LogP contribution in [0.1, 0.15) is 12.8 Å². The van der Waals surface area contributed by atoms with E-state index in [0.717, 1.165) is 6.42 Å². The van der Waals surface area contributed by atoms with E-state index in [-0.39, 0.29) is 11.8 Å². The third-order valence-corrected chi connectivity index (χ3v) is 1.49.